The first kappa shape index (κ1) is 14.2. The van der Waals surface area contributed by atoms with E-state index in [1.165, 1.54) is 10.2 Å². The van der Waals surface area contributed by atoms with E-state index in [2.05, 4.69) is 15.6 Å². The van der Waals surface area contributed by atoms with Gasteiger partial charge in [-0.3, -0.25) is 4.79 Å². The maximum atomic E-state index is 11.8. The highest BCUT2D eigenvalue weighted by Crippen LogP contribution is 2.03. The molecule has 3 N–H and O–H groups in total. The molecule has 0 aliphatic rings. The van der Waals surface area contributed by atoms with Crippen molar-refractivity contribution in [3.63, 3.8) is 0 Å². The molecule has 20 heavy (non-hydrogen) atoms. The van der Waals surface area contributed by atoms with Gasteiger partial charge in [0, 0.05) is 12.6 Å². The van der Waals surface area contributed by atoms with Gasteiger partial charge in [-0.15, -0.1) is 5.10 Å². The highest BCUT2D eigenvalue weighted by Gasteiger charge is 2.08. The normalized spacial score (nSPS) is 12.1. The first-order valence-electron chi connectivity index (χ1n) is 6.61. The summed E-state index contributed by atoms with van der Waals surface area (Å²) < 4.78 is 1.50. The van der Waals surface area contributed by atoms with Gasteiger partial charge in [0.2, 0.25) is 5.91 Å². The maximum absolute atomic E-state index is 11.8. The number of nitrogens with one attached hydrogen (secondary N) is 1. The summed E-state index contributed by atoms with van der Waals surface area (Å²) in [6.45, 7) is 2.60. The SMILES string of the molecule is CC(N)c1cn(CC(=O)NCCc2ccccc2)nn1. The molecule has 2 aromatic rings. The Labute approximate surface area is 118 Å². The van der Waals surface area contributed by atoms with Crippen LogP contribution in [0.15, 0.2) is 36.5 Å². The molecule has 0 saturated carbocycles. The molecule has 0 spiro atoms. The van der Waals surface area contributed by atoms with Crippen LogP contribution in [-0.4, -0.2) is 27.4 Å². The van der Waals surface area contributed by atoms with Crippen molar-refractivity contribution in [2.45, 2.75) is 25.9 Å². The number of aromatic nitrogens is 3. The third-order valence-corrected chi connectivity index (χ3v) is 2.91. The Kier molecular flexibility index (Phi) is 4.84. The molecule has 0 radical (unpaired) electrons. The lowest BCUT2D eigenvalue weighted by atomic mass is 10.1. The summed E-state index contributed by atoms with van der Waals surface area (Å²) in [5.41, 5.74) is 7.57. The highest BCUT2D eigenvalue weighted by atomic mass is 16.2. The van der Waals surface area contributed by atoms with Crippen molar-refractivity contribution in [3.8, 4) is 0 Å². The van der Waals surface area contributed by atoms with E-state index in [0.717, 1.165) is 6.42 Å². The number of hydrogen-bond donors (Lipinski definition) is 2. The van der Waals surface area contributed by atoms with Gasteiger partial charge in [0.25, 0.3) is 0 Å². The third-order valence-electron chi connectivity index (χ3n) is 2.91. The first-order chi connectivity index (χ1) is 9.65. The van der Waals surface area contributed by atoms with Crippen molar-refractivity contribution < 1.29 is 4.79 Å². The standard InChI is InChI=1S/C14H19N5O/c1-11(15)13-9-19(18-17-13)10-14(20)16-8-7-12-5-3-2-4-6-12/h2-6,9,11H,7-8,10,15H2,1H3,(H,16,20). The van der Waals surface area contributed by atoms with Crippen LogP contribution in [0.4, 0.5) is 0 Å². The van der Waals surface area contributed by atoms with Crippen LogP contribution in [0.5, 0.6) is 0 Å². The maximum Gasteiger partial charge on any atom is 0.241 e. The number of carbonyl (C=O) groups is 1. The van der Waals surface area contributed by atoms with Gasteiger partial charge >= 0.3 is 0 Å². The molecule has 0 aliphatic heterocycles. The molecule has 6 heteroatoms. The molecule has 6 nitrogen and oxygen atoms in total. The fourth-order valence-corrected chi connectivity index (χ4v) is 1.79. The van der Waals surface area contributed by atoms with E-state index in [-0.39, 0.29) is 18.5 Å². The Balaban J connectivity index is 1.75. The monoisotopic (exact) mass is 273 g/mol. The Morgan fingerprint density at radius 3 is 2.80 bits per heavy atom. The zero-order chi connectivity index (χ0) is 14.4. The minimum absolute atomic E-state index is 0.0814. The zero-order valence-electron chi connectivity index (χ0n) is 11.5. The number of nitrogens with two attached hydrogens (primary N) is 1. The molecule has 0 bridgehead atoms. The van der Waals surface area contributed by atoms with E-state index in [4.69, 9.17) is 5.73 Å². The van der Waals surface area contributed by atoms with E-state index in [9.17, 15) is 4.79 Å². The van der Waals surface area contributed by atoms with Crippen LogP contribution in [0.1, 0.15) is 24.2 Å². The molecule has 1 amide bonds. The van der Waals surface area contributed by atoms with Crippen molar-refractivity contribution in [2.24, 2.45) is 5.73 Å². The number of rotatable bonds is 6. The van der Waals surface area contributed by atoms with E-state index >= 15 is 0 Å². The minimum Gasteiger partial charge on any atom is -0.354 e. The molecular formula is C14H19N5O. The fraction of sp³-hybridized carbons (Fsp3) is 0.357. The van der Waals surface area contributed by atoms with Crippen molar-refractivity contribution in [3.05, 3.63) is 47.8 Å². The van der Waals surface area contributed by atoms with Gasteiger partial charge in [-0.05, 0) is 18.9 Å². The molecule has 1 unspecified atom stereocenters. The van der Waals surface area contributed by atoms with Gasteiger partial charge in [0.05, 0.1) is 11.9 Å². The molecule has 1 aromatic heterocycles. The van der Waals surface area contributed by atoms with Gasteiger partial charge < -0.3 is 11.1 Å². The Morgan fingerprint density at radius 1 is 1.40 bits per heavy atom. The Bertz CT molecular complexity index is 550. The van der Waals surface area contributed by atoms with Crippen molar-refractivity contribution in [1.82, 2.24) is 20.3 Å². The molecule has 106 valence electrons. The van der Waals surface area contributed by atoms with E-state index in [0.29, 0.717) is 12.2 Å². The average Bonchev–Trinajstić information content (AvgIpc) is 2.88. The largest absolute Gasteiger partial charge is 0.354 e. The Morgan fingerprint density at radius 2 is 2.15 bits per heavy atom. The molecule has 0 aliphatic carbocycles. The second kappa shape index (κ2) is 6.81. The molecule has 1 heterocycles. The van der Waals surface area contributed by atoms with Gasteiger partial charge in [-0.1, -0.05) is 35.5 Å². The predicted molar refractivity (Wildman–Crippen MR) is 75.8 cm³/mol. The number of nitrogens with zero attached hydrogens (tertiary/aromatic N) is 3. The lowest BCUT2D eigenvalue weighted by Gasteiger charge is -2.05. The molecule has 0 saturated heterocycles. The van der Waals surface area contributed by atoms with Crippen molar-refractivity contribution >= 4 is 5.91 Å². The molecule has 0 fully saturated rings. The third kappa shape index (κ3) is 4.17. The van der Waals surface area contributed by atoms with Crippen molar-refractivity contribution in [2.75, 3.05) is 6.54 Å². The van der Waals surface area contributed by atoms with Crippen LogP contribution in [0.2, 0.25) is 0 Å². The lowest BCUT2D eigenvalue weighted by Crippen LogP contribution is -2.29. The summed E-state index contributed by atoms with van der Waals surface area (Å²) >= 11 is 0. The summed E-state index contributed by atoms with van der Waals surface area (Å²) in [4.78, 5) is 11.8. The first-order valence-corrected chi connectivity index (χ1v) is 6.61. The van der Waals surface area contributed by atoms with Crippen LogP contribution in [0, 0.1) is 0 Å². The second-order valence-electron chi connectivity index (χ2n) is 4.72. The van der Waals surface area contributed by atoms with Gasteiger partial charge in [-0.25, -0.2) is 4.68 Å². The zero-order valence-corrected chi connectivity index (χ0v) is 11.5. The van der Waals surface area contributed by atoms with Crippen LogP contribution < -0.4 is 11.1 Å². The molecule has 1 atom stereocenters. The van der Waals surface area contributed by atoms with Crippen molar-refractivity contribution in [1.29, 1.82) is 0 Å². The lowest BCUT2D eigenvalue weighted by molar-refractivity contribution is -0.121. The average molecular weight is 273 g/mol. The number of hydrogen-bond acceptors (Lipinski definition) is 4. The Hall–Kier alpha value is -2.21. The summed E-state index contributed by atoms with van der Waals surface area (Å²) in [6, 6.07) is 9.86. The summed E-state index contributed by atoms with van der Waals surface area (Å²) in [5.74, 6) is -0.0814. The van der Waals surface area contributed by atoms with Crippen LogP contribution in [0.25, 0.3) is 0 Å². The quantitative estimate of drug-likeness (QED) is 0.809. The molecule has 1 aromatic carbocycles. The minimum atomic E-state index is -0.176. The smallest absolute Gasteiger partial charge is 0.241 e. The van der Waals surface area contributed by atoms with Crippen LogP contribution in [-0.2, 0) is 17.8 Å². The number of amides is 1. The van der Waals surface area contributed by atoms with E-state index in [1.54, 1.807) is 6.20 Å². The summed E-state index contributed by atoms with van der Waals surface area (Å²) in [7, 11) is 0. The van der Waals surface area contributed by atoms with Gasteiger partial charge in [-0.2, -0.15) is 0 Å². The topological polar surface area (TPSA) is 85.8 Å². The second-order valence-corrected chi connectivity index (χ2v) is 4.72. The number of benzene rings is 1. The van der Waals surface area contributed by atoms with Crippen LogP contribution in [0.3, 0.4) is 0 Å². The van der Waals surface area contributed by atoms with Gasteiger partial charge in [0.1, 0.15) is 6.54 Å². The summed E-state index contributed by atoms with van der Waals surface area (Å²) in [6.07, 6.45) is 2.51. The van der Waals surface area contributed by atoms with E-state index in [1.807, 2.05) is 37.3 Å². The van der Waals surface area contributed by atoms with E-state index < -0.39 is 0 Å². The molecule has 2 rings (SSSR count). The fourth-order valence-electron chi connectivity index (χ4n) is 1.79. The predicted octanol–water partition coefficient (Wildman–Crippen LogP) is 0.657. The molecular weight excluding hydrogens is 254 g/mol. The highest BCUT2D eigenvalue weighted by molar-refractivity contribution is 5.75. The van der Waals surface area contributed by atoms with Gasteiger partial charge in [0.15, 0.2) is 0 Å². The summed E-state index contributed by atoms with van der Waals surface area (Å²) in [5, 5.41) is 10.6. The van der Waals surface area contributed by atoms with Crippen LogP contribution >= 0.6 is 0 Å². The number of carbonyl (C=O) groups excluding carboxylic acids is 1.